The SMILES string of the molecule is Cc1c(-c2ccccc2)nc(C(C)C)c(CCOC(=O)CC(O)C[PH](=O)O)c1-c1ccc(F)cc1. The number of aliphatic hydroxyl groups excluding tert-OH is 1. The van der Waals surface area contributed by atoms with Gasteiger partial charge < -0.3 is 14.7 Å². The number of hydrogen-bond acceptors (Lipinski definition) is 5. The van der Waals surface area contributed by atoms with Crippen LogP contribution in [-0.2, 0) is 20.5 Å². The lowest BCUT2D eigenvalue weighted by atomic mass is 9.87. The van der Waals surface area contributed by atoms with E-state index >= 15 is 0 Å². The van der Waals surface area contributed by atoms with Gasteiger partial charge in [0.05, 0.1) is 24.8 Å². The Labute approximate surface area is 205 Å². The molecule has 0 aliphatic heterocycles. The first-order valence-electron chi connectivity index (χ1n) is 11.6. The largest absolute Gasteiger partial charge is 0.465 e. The number of aromatic nitrogens is 1. The van der Waals surface area contributed by atoms with Gasteiger partial charge in [0.1, 0.15) is 5.82 Å². The molecule has 0 saturated carbocycles. The van der Waals surface area contributed by atoms with Crippen molar-refractivity contribution in [1.82, 2.24) is 4.98 Å². The van der Waals surface area contributed by atoms with Crippen molar-refractivity contribution >= 4 is 14.0 Å². The third kappa shape index (κ3) is 7.07. The van der Waals surface area contributed by atoms with Crippen LogP contribution in [0.25, 0.3) is 22.4 Å². The Bertz CT molecular complexity index is 1180. The Kier molecular flexibility index (Phi) is 9.33. The van der Waals surface area contributed by atoms with Crippen molar-refractivity contribution in [1.29, 1.82) is 0 Å². The summed E-state index contributed by atoms with van der Waals surface area (Å²) in [5.41, 5.74) is 6.31. The van der Waals surface area contributed by atoms with E-state index in [1.165, 1.54) is 12.1 Å². The molecule has 0 aliphatic rings. The van der Waals surface area contributed by atoms with Crippen LogP contribution in [0.15, 0.2) is 54.6 Å². The number of aliphatic hydroxyl groups is 1. The summed E-state index contributed by atoms with van der Waals surface area (Å²) in [4.78, 5) is 26.1. The zero-order chi connectivity index (χ0) is 25.5. The second-order valence-electron chi connectivity index (χ2n) is 8.78. The molecule has 0 spiro atoms. The fourth-order valence-corrected chi connectivity index (χ4v) is 4.70. The highest BCUT2D eigenvalue weighted by Gasteiger charge is 2.22. The summed E-state index contributed by atoms with van der Waals surface area (Å²) in [6.45, 7) is 6.13. The first kappa shape index (κ1) is 26.7. The average Bonchev–Trinajstić information content (AvgIpc) is 2.80. The standard InChI is InChI=1S/C27H31FNO5P/c1-17(2)26-23(13-14-34-24(31)15-22(30)16-35(32)33)25(19-9-11-21(28)12-10-19)18(3)27(29-26)20-7-5-4-6-8-20/h4-12,17,22,30,35H,13-16H2,1-3H3,(H,32,33). The number of hydrogen-bond donors (Lipinski definition) is 2. The fraction of sp³-hybridized carbons (Fsp3) is 0.333. The summed E-state index contributed by atoms with van der Waals surface area (Å²) >= 11 is 0. The molecule has 0 amide bonds. The maximum Gasteiger partial charge on any atom is 0.308 e. The lowest BCUT2D eigenvalue weighted by Crippen LogP contribution is -2.19. The quantitative estimate of drug-likeness (QED) is 0.291. The Balaban J connectivity index is 1.99. The minimum absolute atomic E-state index is 0.0551. The van der Waals surface area contributed by atoms with Gasteiger partial charge in [0.25, 0.3) is 0 Å². The number of benzene rings is 2. The molecular formula is C27H31FNO5P. The van der Waals surface area contributed by atoms with E-state index in [2.05, 4.69) is 0 Å². The average molecular weight is 500 g/mol. The minimum atomic E-state index is -2.87. The number of carbonyl (C=O) groups is 1. The minimum Gasteiger partial charge on any atom is -0.465 e. The lowest BCUT2D eigenvalue weighted by Gasteiger charge is -2.22. The predicted octanol–water partition coefficient (Wildman–Crippen LogP) is 5.29. The van der Waals surface area contributed by atoms with Gasteiger partial charge in [-0.3, -0.25) is 14.3 Å². The van der Waals surface area contributed by atoms with E-state index in [0.29, 0.717) is 6.42 Å². The van der Waals surface area contributed by atoms with E-state index in [4.69, 9.17) is 14.6 Å². The molecule has 35 heavy (non-hydrogen) atoms. The number of ether oxygens (including phenoxy) is 1. The van der Waals surface area contributed by atoms with Crippen LogP contribution in [0.3, 0.4) is 0 Å². The first-order chi connectivity index (χ1) is 16.7. The summed E-state index contributed by atoms with van der Waals surface area (Å²) in [5, 5.41) is 9.74. The van der Waals surface area contributed by atoms with Crippen molar-refractivity contribution in [3.8, 4) is 22.4 Å². The molecule has 1 aromatic heterocycles. The maximum atomic E-state index is 13.7. The summed E-state index contributed by atoms with van der Waals surface area (Å²) in [7, 11) is -2.87. The molecule has 1 heterocycles. The van der Waals surface area contributed by atoms with E-state index in [0.717, 1.165) is 39.2 Å². The topological polar surface area (TPSA) is 96.7 Å². The predicted molar refractivity (Wildman–Crippen MR) is 135 cm³/mol. The Hall–Kier alpha value is -2.86. The van der Waals surface area contributed by atoms with Crippen LogP contribution in [0.2, 0.25) is 0 Å². The number of rotatable bonds is 10. The lowest BCUT2D eigenvalue weighted by molar-refractivity contribution is -0.145. The van der Waals surface area contributed by atoms with Gasteiger partial charge in [-0.25, -0.2) is 4.39 Å². The molecule has 6 nitrogen and oxygen atoms in total. The van der Waals surface area contributed by atoms with Gasteiger partial charge in [-0.2, -0.15) is 0 Å². The molecule has 0 bridgehead atoms. The first-order valence-corrected chi connectivity index (χ1v) is 13.1. The number of pyridine rings is 1. The molecule has 0 saturated heterocycles. The molecule has 2 unspecified atom stereocenters. The fourth-order valence-electron chi connectivity index (χ4n) is 4.15. The van der Waals surface area contributed by atoms with Gasteiger partial charge in [0, 0.05) is 23.8 Å². The van der Waals surface area contributed by atoms with Gasteiger partial charge in [0.15, 0.2) is 8.03 Å². The van der Waals surface area contributed by atoms with Gasteiger partial charge >= 0.3 is 5.97 Å². The second kappa shape index (κ2) is 12.2. The van der Waals surface area contributed by atoms with Crippen molar-refractivity contribution in [2.45, 2.75) is 45.6 Å². The van der Waals surface area contributed by atoms with Gasteiger partial charge in [0.2, 0.25) is 0 Å². The van der Waals surface area contributed by atoms with Gasteiger partial charge in [-0.15, -0.1) is 0 Å². The highest BCUT2D eigenvalue weighted by Crippen LogP contribution is 2.37. The smallest absolute Gasteiger partial charge is 0.308 e. The molecule has 2 atom stereocenters. The third-order valence-electron chi connectivity index (χ3n) is 5.73. The molecular weight excluding hydrogens is 468 g/mol. The molecule has 3 rings (SSSR count). The number of halogens is 1. The summed E-state index contributed by atoms with van der Waals surface area (Å²) in [6.07, 6.45) is -1.52. The zero-order valence-corrected chi connectivity index (χ0v) is 21.1. The number of carbonyl (C=O) groups excluding carboxylic acids is 1. The summed E-state index contributed by atoms with van der Waals surface area (Å²) < 4.78 is 29.9. The Morgan fingerprint density at radius 2 is 1.74 bits per heavy atom. The normalized spacial score (nSPS) is 13.0. The van der Waals surface area contributed by atoms with E-state index in [1.807, 2.05) is 51.1 Å². The Morgan fingerprint density at radius 3 is 2.34 bits per heavy atom. The highest BCUT2D eigenvalue weighted by atomic mass is 31.1. The van der Waals surface area contributed by atoms with Crippen molar-refractivity contribution in [2.24, 2.45) is 0 Å². The van der Waals surface area contributed by atoms with E-state index in [-0.39, 0.29) is 30.9 Å². The van der Waals surface area contributed by atoms with E-state index < -0.39 is 20.1 Å². The highest BCUT2D eigenvalue weighted by molar-refractivity contribution is 7.38. The monoisotopic (exact) mass is 499 g/mol. The second-order valence-corrected chi connectivity index (χ2v) is 9.97. The summed E-state index contributed by atoms with van der Waals surface area (Å²) in [6, 6.07) is 16.2. The van der Waals surface area contributed by atoms with Crippen LogP contribution in [0.4, 0.5) is 4.39 Å². The van der Waals surface area contributed by atoms with Crippen molar-refractivity contribution in [3.63, 3.8) is 0 Å². The molecule has 0 radical (unpaired) electrons. The number of esters is 1. The van der Waals surface area contributed by atoms with Crippen LogP contribution >= 0.6 is 8.03 Å². The van der Waals surface area contributed by atoms with Crippen molar-refractivity contribution in [3.05, 3.63) is 77.2 Å². The Morgan fingerprint density at radius 1 is 1.09 bits per heavy atom. The molecule has 0 fully saturated rings. The van der Waals surface area contributed by atoms with Gasteiger partial charge in [-0.05, 0) is 47.2 Å². The van der Waals surface area contributed by atoms with Crippen LogP contribution in [0, 0.1) is 12.7 Å². The zero-order valence-electron chi connectivity index (χ0n) is 20.1. The van der Waals surface area contributed by atoms with Crippen LogP contribution in [-0.4, -0.2) is 39.8 Å². The molecule has 2 aromatic carbocycles. The van der Waals surface area contributed by atoms with Crippen molar-refractivity contribution < 1.29 is 28.5 Å². The molecule has 0 aliphatic carbocycles. The number of nitrogens with zero attached hydrogens (tertiary/aromatic N) is 1. The maximum absolute atomic E-state index is 13.7. The van der Waals surface area contributed by atoms with Crippen LogP contribution < -0.4 is 0 Å². The molecule has 2 N–H and O–H groups in total. The van der Waals surface area contributed by atoms with Crippen LogP contribution in [0.1, 0.15) is 43.0 Å². The van der Waals surface area contributed by atoms with Gasteiger partial charge in [-0.1, -0.05) is 56.3 Å². The molecule has 3 aromatic rings. The molecule has 186 valence electrons. The van der Waals surface area contributed by atoms with Crippen molar-refractivity contribution in [2.75, 3.05) is 12.8 Å². The molecule has 8 heteroatoms. The van der Waals surface area contributed by atoms with E-state index in [1.54, 1.807) is 12.1 Å². The summed E-state index contributed by atoms with van der Waals surface area (Å²) in [5.74, 6) is -0.889. The van der Waals surface area contributed by atoms with Crippen LogP contribution in [0.5, 0.6) is 0 Å². The van der Waals surface area contributed by atoms with E-state index in [9.17, 15) is 18.9 Å². The third-order valence-corrected chi connectivity index (χ3v) is 6.55.